The highest BCUT2D eigenvalue weighted by molar-refractivity contribution is 7.91. The van der Waals surface area contributed by atoms with E-state index in [1.54, 1.807) is 23.0 Å². The van der Waals surface area contributed by atoms with Crippen LogP contribution in [-0.4, -0.2) is 46.5 Å². The molecule has 28 heavy (non-hydrogen) atoms. The Balaban J connectivity index is 1.46. The molecule has 0 radical (unpaired) electrons. The second-order valence-electron chi connectivity index (χ2n) is 6.86. The van der Waals surface area contributed by atoms with Crippen molar-refractivity contribution in [2.75, 3.05) is 18.4 Å². The Morgan fingerprint density at radius 1 is 1.29 bits per heavy atom. The lowest BCUT2D eigenvalue weighted by molar-refractivity contribution is -0.115. The predicted molar refractivity (Wildman–Crippen MR) is 108 cm³/mol. The highest BCUT2D eigenvalue weighted by Gasteiger charge is 2.28. The lowest BCUT2D eigenvalue weighted by Gasteiger charge is -2.13. The molecule has 1 saturated heterocycles. The van der Waals surface area contributed by atoms with Crippen molar-refractivity contribution in [3.05, 3.63) is 35.0 Å². The SMILES string of the molecule is Cc1nn(C)c2ncc(NC(=O)Cc3ccc(S(=O)(=O)N4CCCC4)s3)cc12. The predicted octanol–water partition coefficient (Wildman–Crippen LogP) is 2.30. The van der Waals surface area contributed by atoms with Crippen LogP contribution in [0.3, 0.4) is 0 Å². The summed E-state index contributed by atoms with van der Waals surface area (Å²) >= 11 is 1.15. The molecule has 1 N–H and O–H groups in total. The summed E-state index contributed by atoms with van der Waals surface area (Å²) in [6.45, 7) is 3.03. The third kappa shape index (κ3) is 3.54. The van der Waals surface area contributed by atoms with Gasteiger partial charge < -0.3 is 5.32 Å². The minimum absolute atomic E-state index is 0.115. The number of hydrogen-bond donors (Lipinski definition) is 1. The van der Waals surface area contributed by atoms with E-state index in [-0.39, 0.29) is 12.3 Å². The first-order chi connectivity index (χ1) is 13.3. The van der Waals surface area contributed by atoms with Crippen LogP contribution in [0.25, 0.3) is 11.0 Å². The number of thiophene rings is 1. The smallest absolute Gasteiger partial charge is 0.252 e. The van der Waals surface area contributed by atoms with Crippen molar-refractivity contribution in [2.24, 2.45) is 7.05 Å². The molecule has 4 rings (SSSR count). The zero-order valence-electron chi connectivity index (χ0n) is 15.7. The lowest BCUT2D eigenvalue weighted by atomic mass is 10.2. The normalized spacial score (nSPS) is 15.4. The van der Waals surface area contributed by atoms with Crippen LogP contribution in [0.1, 0.15) is 23.4 Å². The molecule has 1 aliphatic heterocycles. The van der Waals surface area contributed by atoms with Crippen LogP contribution in [0.4, 0.5) is 5.69 Å². The number of aryl methyl sites for hydroxylation is 2. The summed E-state index contributed by atoms with van der Waals surface area (Å²) in [7, 11) is -1.61. The van der Waals surface area contributed by atoms with E-state index in [1.807, 2.05) is 20.0 Å². The van der Waals surface area contributed by atoms with Crippen molar-refractivity contribution in [3.8, 4) is 0 Å². The van der Waals surface area contributed by atoms with Gasteiger partial charge in [-0.05, 0) is 38.0 Å². The lowest BCUT2D eigenvalue weighted by Crippen LogP contribution is -2.27. The highest BCUT2D eigenvalue weighted by Crippen LogP contribution is 2.28. The fourth-order valence-corrected chi connectivity index (χ4v) is 6.41. The summed E-state index contributed by atoms with van der Waals surface area (Å²) in [5, 5.41) is 8.03. The topological polar surface area (TPSA) is 97.2 Å². The summed E-state index contributed by atoms with van der Waals surface area (Å²) in [6, 6.07) is 5.15. The van der Waals surface area contributed by atoms with Gasteiger partial charge in [0.25, 0.3) is 10.0 Å². The zero-order valence-corrected chi connectivity index (χ0v) is 17.3. The molecular weight excluding hydrogens is 398 g/mol. The van der Waals surface area contributed by atoms with E-state index in [0.717, 1.165) is 40.9 Å². The van der Waals surface area contributed by atoms with Gasteiger partial charge in [0, 0.05) is 30.4 Å². The van der Waals surface area contributed by atoms with E-state index in [4.69, 9.17) is 0 Å². The fourth-order valence-electron chi connectivity index (χ4n) is 3.39. The van der Waals surface area contributed by atoms with Crippen molar-refractivity contribution in [2.45, 2.75) is 30.4 Å². The van der Waals surface area contributed by atoms with Gasteiger partial charge in [0.2, 0.25) is 5.91 Å². The standard InChI is InChI=1S/C18H21N5O3S2/c1-12-15-9-13(11-19-18(15)22(2)21-12)20-16(24)10-14-5-6-17(27-14)28(25,26)23-7-3-4-8-23/h5-6,9,11H,3-4,7-8,10H2,1-2H3,(H,20,24). The number of nitrogens with zero attached hydrogens (tertiary/aromatic N) is 4. The third-order valence-corrected chi connectivity index (χ3v) is 8.23. The first kappa shape index (κ1) is 19.0. The molecule has 0 unspecified atom stereocenters. The van der Waals surface area contributed by atoms with Crippen LogP contribution in [0.5, 0.6) is 0 Å². The maximum atomic E-state index is 12.6. The van der Waals surface area contributed by atoms with Crippen LogP contribution < -0.4 is 5.32 Å². The number of pyridine rings is 1. The summed E-state index contributed by atoms with van der Waals surface area (Å²) < 4.78 is 28.7. The second kappa shape index (κ2) is 7.26. The molecular formula is C18H21N5O3S2. The Hall–Kier alpha value is -2.30. The number of aromatic nitrogens is 3. The molecule has 0 bridgehead atoms. The van der Waals surface area contributed by atoms with E-state index in [1.165, 1.54) is 4.31 Å². The van der Waals surface area contributed by atoms with Crippen LogP contribution in [0.2, 0.25) is 0 Å². The number of anilines is 1. The van der Waals surface area contributed by atoms with Crippen molar-refractivity contribution >= 4 is 44.0 Å². The van der Waals surface area contributed by atoms with Gasteiger partial charge in [0.05, 0.1) is 24.0 Å². The van der Waals surface area contributed by atoms with Gasteiger partial charge in [-0.15, -0.1) is 11.3 Å². The Bertz CT molecular complexity index is 1140. The number of hydrogen-bond acceptors (Lipinski definition) is 6. The monoisotopic (exact) mass is 419 g/mol. The molecule has 3 aromatic rings. The first-order valence-electron chi connectivity index (χ1n) is 9.02. The molecule has 1 fully saturated rings. The highest BCUT2D eigenvalue weighted by atomic mass is 32.2. The second-order valence-corrected chi connectivity index (χ2v) is 10.2. The molecule has 148 valence electrons. The maximum Gasteiger partial charge on any atom is 0.252 e. The third-order valence-electron chi connectivity index (χ3n) is 4.78. The summed E-state index contributed by atoms with van der Waals surface area (Å²) in [5.41, 5.74) is 2.19. The van der Waals surface area contributed by atoms with Gasteiger partial charge in [-0.1, -0.05) is 0 Å². The van der Waals surface area contributed by atoms with Gasteiger partial charge in [0.1, 0.15) is 4.21 Å². The van der Waals surface area contributed by atoms with Crippen molar-refractivity contribution < 1.29 is 13.2 Å². The number of sulfonamides is 1. The van der Waals surface area contributed by atoms with E-state index >= 15 is 0 Å². The average molecular weight is 420 g/mol. The molecule has 1 amide bonds. The summed E-state index contributed by atoms with van der Waals surface area (Å²) in [6.07, 6.45) is 3.51. The zero-order chi connectivity index (χ0) is 19.9. The van der Waals surface area contributed by atoms with E-state index in [0.29, 0.717) is 27.9 Å². The molecule has 8 nitrogen and oxygen atoms in total. The van der Waals surface area contributed by atoms with Gasteiger partial charge in [-0.2, -0.15) is 9.40 Å². The van der Waals surface area contributed by atoms with E-state index < -0.39 is 10.0 Å². The number of carbonyl (C=O) groups is 1. The molecule has 0 aromatic carbocycles. The van der Waals surface area contributed by atoms with Crippen LogP contribution >= 0.6 is 11.3 Å². The number of rotatable bonds is 5. The largest absolute Gasteiger partial charge is 0.324 e. The molecule has 10 heteroatoms. The molecule has 4 heterocycles. The number of amides is 1. The van der Waals surface area contributed by atoms with Crippen molar-refractivity contribution in [3.63, 3.8) is 0 Å². The van der Waals surface area contributed by atoms with Crippen molar-refractivity contribution in [1.29, 1.82) is 0 Å². The number of carbonyl (C=O) groups excluding carboxylic acids is 1. The molecule has 0 spiro atoms. The van der Waals surface area contributed by atoms with E-state index in [9.17, 15) is 13.2 Å². The molecule has 3 aromatic heterocycles. The molecule has 0 aliphatic carbocycles. The van der Waals surface area contributed by atoms with E-state index in [2.05, 4.69) is 15.4 Å². The Morgan fingerprint density at radius 3 is 2.79 bits per heavy atom. The first-order valence-corrected chi connectivity index (χ1v) is 11.3. The Morgan fingerprint density at radius 2 is 2.04 bits per heavy atom. The van der Waals surface area contributed by atoms with Crippen LogP contribution in [-0.2, 0) is 28.3 Å². The van der Waals surface area contributed by atoms with Crippen molar-refractivity contribution in [1.82, 2.24) is 19.1 Å². The fraction of sp³-hybridized carbons (Fsp3) is 0.389. The molecule has 1 aliphatic rings. The van der Waals surface area contributed by atoms with Gasteiger partial charge in [-0.25, -0.2) is 13.4 Å². The van der Waals surface area contributed by atoms with Crippen LogP contribution in [0.15, 0.2) is 28.6 Å². The average Bonchev–Trinajstić information content (AvgIpc) is 3.37. The summed E-state index contributed by atoms with van der Waals surface area (Å²) in [4.78, 5) is 17.5. The number of nitrogens with one attached hydrogen (secondary N) is 1. The van der Waals surface area contributed by atoms with Gasteiger partial charge >= 0.3 is 0 Å². The summed E-state index contributed by atoms with van der Waals surface area (Å²) in [5.74, 6) is -0.213. The molecule has 0 saturated carbocycles. The maximum absolute atomic E-state index is 12.6. The van der Waals surface area contributed by atoms with Crippen LogP contribution in [0, 0.1) is 6.92 Å². The Kier molecular flexibility index (Phi) is 4.94. The minimum Gasteiger partial charge on any atom is -0.324 e. The minimum atomic E-state index is -3.44. The van der Waals surface area contributed by atoms with Gasteiger partial charge in [0.15, 0.2) is 5.65 Å². The Labute approximate surface area is 167 Å². The van der Waals surface area contributed by atoms with Gasteiger partial charge in [-0.3, -0.25) is 9.48 Å². The quantitative estimate of drug-likeness (QED) is 0.684. The molecule has 0 atom stereocenters. The number of fused-ring (bicyclic) bond motifs is 1.